The Hall–Kier alpha value is -0.910. The zero-order chi connectivity index (χ0) is 11.5. The van der Waals surface area contributed by atoms with E-state index in [0.717, 1.165) is 11.1 Å². The molecule has 0 radical (unpaired) electrons. The summed E-state index contributed by atoms with van der Waals surface area (Å²) in [5.41, 5.74) is 2.00. The quantitative estimate of drug-likeness (QED) is 0.797. The number of aryl methyl sites for hydroxylation is 2. The van der Waals surface area contributed by atoms with E-state index in [1.54, 1.807) is 25.1 Å². The second kappa shape index (κ2) is 4.74. The molecule has 0 fully saturated rings. The Morgan fingerprint density at radius 1 is 1.27 bits per heavy atom. The van der Waals surface area contributed by atoms with Crippen LogP contribution in [0.25, 0.3) is 0 Å². The van der Waals surface area contributed by atoms with Crippen molar-refractivity contribution in [3.05, 3.63) is 29.3 Å². The lowest BCUT2D eigenvalue weighted by Crippen LogP contribution is -2.24. The lowest BCUT2D eigenvalue weighted by molar-refractivity contribution is 0.105. The first kappa shape index (κ1) is 12.2. The minimum atomic E-state index is -3.53. The van der Waals surface area contributed by atoms with Crippen molar-refractivity contribution in [3.63, 3.8) is 0 Å². The van der Waals surface area contributed by atoms with Crippen LogP contribution in [0.2, 0.25) is 0 Å². The second-order valence-electron chi connectivity index (χ2n) is 3.27. The zero-order valence-corrected chi connectivity index (χ0v) is 9.89. The molecule has 1 rings (SSSR count). The third-order valence-corrected chi connectivity index (χ3v) is 3.31. The Morgan fingerprint density at radius 3 is 2.47 bits per heavy atom. The van der Waals surface area contributed by atoms with E-state index < -0.39 is 10.0 Å². The molecule has 0 unspecified atom stereocenters. The fourth-order valence-corrected chi connectivity index (χ4v) is 2.01. The van der Waals surface area contributed by atoms with Gasteiger partial charge in [-0.3, -0.25) is 4.84 Å². The molecule has 0 aliphatic carbocycles. The highest BCUT2D eigenvalue weighted by Crippen LogP contribution is 2.14. The van der Waals surface area contributed by atoms with Crippen molar-refractivity contribution in [2.24, 2.45) is 0 Å². The largest absolute Gasteiger partial charge is 0.287 e. The molecule has 1 N–H and O–H groups in total. The maximum Gasteiger partial charge on any atom is 0.262 e. The number of sulfonamides is 1. The SMILES string of the molecule is CCONS(=O)(=O)c1ccc(C)c(C)c1. The van der Waals surface area contributed by atoms with Gasteiger partial charge >= 0.3 is 0 Å². The molecule has 0 spiro atoms. The van der Waals surface area contributed by atoms with Gasteiger partial charge < -0.3 is 0 Å². The maximum atomic E-state index is 11.6. The number of hydrogen-bond donors (Lipinski definition) is 1. The van der Waals surface area contributed by atoms with Gasteiger partial charge in [-0.1, -0.05) is 11.0 Å². The lowest BCUT2D eigenvalue weighted by Gasteiger charge is -2.07. The van der Waals surface area contributed by atoms with Gasteiger partial charge in [0.1, 0.15) is 0 Å². The van der Waals surface area contributed by atoms with Gasteiger partial charge in [0.15, 0.2) is 0 Å². The summed E-state index contributed by atoms with van der Waals surface area (Å²) >= 11 is 0. The topological polar surface area (TPSA) is 55.4 Å². The molecule has 0 aromatic heterocycles. The van der Waals surface area contributed by atoms with Crippen molar-refractivity contribution in [1.29, 1.82) is 0 Å². The highest BCUT2D eigenvalue weighted by atomic mass is 32.2. The number of benzene rings is 1. The van der Waals surface area contributed by atoms with E-state index in [1.807, 2.05) is 18.7 Å². The minimum absolute atomic E-state index is 0.221. The number of nitrogens with one attached hydrogen (secondary N) is 1. The first-order valence-electron chi connectivity index (χ1n) is 4.68. The molecule has 1 aromatic carbocycles. The fourth-order valence-electron chi connectivity index (χ4n) is 1.07. The van der Waals surface area contributed by atoms with Crippen molar-refractivity contribution in [2.45, 2.75) is 25.7 Å². The lowest BCUT2D eigenvalue weighted by atomic mass is 10.1. The van der Waals surface area contributed by atoms with E-state index >= 15 is 0 Å². The molecule has 0 heterocycles. The molecule has 5 heteroatoms. The molecular weight excluding hydrogens is 214 g/mol. The van der Waals surface area contributed by atoms with Crippen LogP contribution in [0.4, 0.5) is 0 Å². The van der Waals surface area contributed by atoms with Gasteiger partial charge in [-0.2, -0.15) is 0 Å². The van der Waals surface area contributed by atoms with Crippen molar-refractivity contribution in [3.8, 4) is 0 Å². The van der Waals surface area contributed by atoms with Gasteiger partial charge in [0, 0.05) is 0 Å². The molecule has 0 bridgehead atoms. The van der Waals surface area contributed by atoms with Crippen LogP contribution >= 0.6 is 0 Å². The van der Waals surface area contributed by atoms with Gasteiger partial charge in [0.2, 0.25) is 0 Å². The van der Waals surface area contributed by atoms with E-state index in [4.69, 9.17) is 0 Å². The van der Waals surface area contributed by atoms with Crippen molar-refractivity contribution in [1.82, 2.24) is 4.89 Å². The highest BCUT2D eigenvalue weighted by Gasteiger charge is 2.13. The third-order valence-electron chi connectivity index (χ3n) is 2.10. The summed E-state index contributed by atoms with van der Waals surface area (Å²) in [5, 5.41) is 0. The van der Waals surface area contributed by atoms with Crippen LogP contribution in [0, 0.1) is 13.8 Å². The van der Waals surface area contributed by atoms with E-state index in [-0.39, 0.29) is 4.90 Å². The van der Waals surface area contributed by atoms with Gasteiger partial charge in [0.25, 0.3) is 10.0 Å². The predicted molar refractivity (Wildman–Crippen MR) is 57.9 cm³/mol. The predicted octanol–water partition coefficient (Wildman–Crippen LogP) is 1.53. The Bertz CT molecular complexity index is 440. The molecule has 0 saturated heterocycles. The Balaban J connectivity index is 3.00. The summed E-state index contributed by atoms with van der Waals surface area (Å²) < 4.78 is 23.2. The van der Waals surface area contributed by atoms with Gasteiger partial charge in [0.05, 0.1) is 11.5 Å². The normalized spacial score (nSPS) is 11.7. The van der Waals surface area contributed by atoms with E-state index in [2.05, 4.69) is 4.84 Å². The summed E-state index contributed by atoms with van der Waals surface area (Å²) in [5.74, 6) is 0. The van der Waals surface area contributed by atoms with Crippen LogP contribution in [-0.4, -0.2) is 15.0 Å². The molecule has 1 aromatic rings. The molecule has 4 nitrogen and oxygen atoms in total. The second-order valence-corrected chi connectivity index (χ2v) is 4.91. The van der Waals surface area contributed by atoms with Crippen LogP contribution in [0.15, 0.2) is 23.1 Å². The average molecular weight is 229 g/mol. The molecule has 15 heavy (non-hydrogen) atoms. The number of hydrogen-bond acceptors (Lipinski definition) is 3. The number of rotatable bonds is 4. The van der Waals surface area contributed by atoms with Gasteiger partial charge in [-0.05, 0) is 44.0 Å². The monoisotopic (exact) mass is 229 g/mol. The average Bonchev–Trinajstić information content (AvgIpc) is 2.19. The molecular formula is C10H15NO3S. The molecule has 0 aliphatic heterocycles. The summed E-state index contributed by atoms with van der Waals surface area (Å²) in [6, 6.07) is 4.95. The molecule has 0 aliphatic rings. The molecule has 0 amide bonds. The Kier molecular flexibility index (Phi) is 3.84. The maximum absolute atomic E-state index is 11.6. The molecule has 84 valence electrons. The van der Waals surface area contributed by atoms with E-state index in [0.29, 0.717) is 6.61 Å². The summed E-state index contributed by atoms with van der Waals surface area (Å²) in [6.45, 7) is 5.81. The Labute approximate surface area is 90.3 Å². The van der Waals surface area contributed by atoms with Crippen LogP contribution in [0.3, 0.4) is 0 Å². The summed E-state index contributed by atoms with van der Waals surface area (Å²) in [4.78, 5) is 6.95. The molecule has 0 saturated carbocycles. The van der Waals surface area contributed by atoms with Crippen molar-refractivity contribution in [2.75, 3.05) is 6.61 Å². The zero-order valence-electron chi connectivity index (χ0n) is 9.07. The molecule has 0 atom stereocenters. The third kappa shape index (κ3) is 3.02. The van der Waals surface area contributed by atoms with E-state index in [9.17, 15) is 8.42 Å². The summed E-state index contributed by atoms with van der Waals surface area (Å²) in [6.07, 6.45) is 0. The van der Waals surface area contributed by atoms with Crippen LogP contribution < -0.4 is 4.89 Å². The smallest absolute Gasteiger partial charge is 0.262 e. The van der Waals surface area contributed by atoms with Crippen molar-refractivity contribution < 1.29 is 13.3 Å². The standard InChI is InChI=1S/C10H15NO3S/c1-4-14-11-15(12,13)10-6-5-8(2)9(3)7-10/h5-7,11H,4H2,1-3H3. The minimum Gasteiger partial charge on any atom is -0.287 e. The highest BCUT2D eigenvalue weighted by molar-refractivity contribution is 7.89. The van der Waals surface area contributed by atoms with Gasteiger partial charge in [-0.25, -0.2) is 8.42 Å². The van der Waals surface area contributed by atoms with Crippen LogP contribution in [0.5, 0.6) is 0 Å². The Morgan fingerprint density at radius 2 is 1.93 bits per heavy atom. The summed E-state index contributed by atoms with van der Waals surface area (Å²) in [7, 11) is -3.53. The van der Waals surface area contributed by atoms with E-state index in [1.165, 1.54) is 0 Å². The van der Waals surface area contributed by atoms with Gasteiger partial charge in [-0.15, -0.1) is 0 Å². The van der Waals surface area contributed by atoms with Crippen LogP contribution in [0.1, 0.15) is 18.1 Å². The van der Waals surface area contributed by atoms with Crippen LogP contribution in [-0.2, 0) is 14.9 Å². The van der Waals surface area contributed by atoms with Crippen molar-refractivity contribution >= 4 is 10.0 Å². The first-order chi connectivity index (χ1) is 6.97. The fraction of sp³-hybridized carbons (Fsp3) is 0.400. The first-order valence-corrected chi connectivity index (χ1v) is 6.16.